The second-order valence-electron chi connectivity index (χ2n) is 5.82. The van der Waals surface area contributed by atoms with Gasteiger partial charge in [0, 0.05) is 0 Å². The molecule has 118 valence electrons. The molecule has 1 aliphatic heterocycles. The summed E-state index contributed by atoms with van der Waals surface area (Å²) < 4.78 is 0. The Labute approximate surface area is 128 Å². The summed E-state index contributed by atoms with van der Waals surface area (Å²) >= 11 is 1.89. The molecule has 1 aliphatic rings. The number of unbranched alkanes of at least 4 members (excludes halogenated alkanes) is 8. The Hall–Kier alpha value is -0.220. The predicted molar refractivity (Wildman–Crippen MR) is 87.3 cm³/mol. The van der Waals surface area contributed by atoms with Gasteiger partial charge in [0.15, 0.2) is 0 Å². The van der Waals surface area contributed by atoms with Gasteiger partial charge in [0.25, 0.3) is 0 Å². The Morgan fingerprint density at radius 3 is 2.30 bits per heavy atom. The molecule has 0 amide bonds. The van der Waals surface area contributed by atoms with Crippen molar-refractivity contribution in [1.82, 2.24) is 5.32 Å². The molecular weight excluding hydrogens is 270 g/mol. The van der Waals surface area contributed by atoms with Crippen molar-refractivity contribution < 1.29 is 9.90 Å². The highest BCUT2D eigenvalue weighted by atomic mass is 32.2. The van der Waals surface area contributed by atoms with Gasteiger partial charge in [0.1, 0.15) is 6.04 Å². The fourth-order valence-electron chi connectivity index (χ4n) is 2.69. The van der Waals surface area contributed by atoms with Crippen molar-refractivity contribution in [3.05, 3.63) is 0 Å². The minimum Gasteiger partial charge on any atom is -0.480 e. The first-order chi connectivity index (χ1) is 9.74. The topological polar surface area (TPSA) is 49.3 Å². The summed E-state index contributed by atoms with van der Waals surface area (Å²) in [5.41, 5.74) is 0. The summed E-state index contributed by atoms with van der Waals surface area (Å²) in [6.45, 7) is 2.26. The van der Waals surface area contributed by atoms with E-state index in [1.54, 1.807) is 0 Å². The van der Waals surface area contributed by atoms with Crippen LogP contribution in [0.2, 0.25) is 0 Å². The monoisotopic (exact) mass is 301 g/mol. The molecule has 1 rings (SSSR count). The maximum atomic E-state index is 11.0. The number of aliphatic carboxylic acids is 1. The lowest BCUT2D eigenvalue weighted by atomic mass is 10.1. The molecule has 4 heteroatoms. The number of carboxylic acid groups (broad SMARTS) is 1. The predicted octanol–water partition coefficient (Wildman–Crippen LogP) is 4.41. The number of carboxylic acids is 1. The fourth-order valence-corrected chi connectivity index (χ4v) is 3.94. The van der Waals surface area contributed by atoms with Crippen molar-refractivity contribution in [2.24, 2.45) is 0 Å². The molecule has 3 nitrogen and oxygen atoms in total. The van der Waals surface area contributed by atoms with Crippen LogP contribution >= 0.6 is 11.8 Å². The van der Waals surface area contributed by atoms with Gasteiger partial charge in [0.2, 0.25) is 0 Å². The van der Waals surface area contributed by atoms with Crippen LogP contribution in [-0.2, 0) is 4.79 Å². The molecule has 0 aliphatic carbocycles. The van der Waals surface area contributed by atoms with Crippen molar-refractivity contribution in [3.8, 4) is 0 Å². The third-order valence-electron chi connectivity index (χ3n) is 3.98. The van der Waals surface area contributed by atoms with Gasteiger partial charge < -0.3 is 5.11 Å². The number of rotatable bonds is 11. The summed E-state index contributed by atoms with van der Waals surface area (Å²) in [7, 11) is 0. The van der Waals surface area contributed by atoms with Gasteiger partial charge in [-0.15, -0.1) is 11.8 Å². The maximum absolute atomic E-state index is 11.0. The molecule has 0 aromatic heterocycles. The van der Waals surface area contributed by atoms with Gasteiger partial charge in [-0.3, -0.25) is 10.1 Å². The highest BCUT2D eigenvalue weighted by molar-refractivity contribution is 7.99. The second kappa shape index (κ2) is 11.4. The van der Waals surface area contributed by atoms with Gasteiger partial charge in [-0.05, 0) is 18.6 Å². The molecular formula is C16H31NO2S. The van der Waals surface area contributed by atoms with Gasteiger partial charge >= 0.3 is 5.97 Å². The fraction of sp³-hybridized carbons (Fsp3) is 0.938. The summed E-state index contributed by atoms with van der Waals surface area (Å²) in [4.78, 5) is 11.0. The first kappa shape index (κ1) is 17.8. The SMILES string of the molecule is CCCCCCCCCCCC1NC(C(=O)O)CCS1. The van der Waals surface area contributed by atoms with E-state index in [1.807, 2.05) is 11.8 Å². The van der Waals surface area contributed by atoms with Crippen LogP contribution in [0.3, 0.4) is 0 Å². The summed E-state index contributed by atoms with van der Waals surface area (Å²) in [6, 6.07) is -0.320. The molecule has 0 radical (unpaired) electrons. The highest BCUT2D eigenvalue weighted by Crippen LogP contribution is 2.23. The molecule has 0 aromatic carbocycles. The number of thioether (sulfide) groups is 1. The van der Waals surface area contributed by atoms with E-state index in [1.165, 1.54) is 57.8 Å². The molecule has 0 spiro atoms. The van der Waals surface area contributed by atoms with E-state index in [0.717, 1.165) is 18.6 Å². The van der Waals surface area contributed by atoms with Crippen molar-refractivity contribution in [2.75, 3.05) is 5.75 Å². The number of nitrogens with one attached hydrogen (secondary N) is 1. The molecule has 0 saturated carbocycles. The largest absolute Gasteiger partial charge is 0.480 e. The Balaban J connectivity index is 1.92. The van der Waals surface area contributed by atoms with Crippen LogP contribution in [0.15, 0.2) is 0 Å². The van der Waals surface area contributed by atoms with Gasteiger partial charge in [-0.1, -0.05) is 64.7 Å². The van der Waals surface area contributed by atoms with Crippen molar-refractivity contribution in [1.29, 1.82) is 0 Å². The molecule has 1 heterocycles. The Kier molecular flexibility index (Phi) is 10.2. The van der Waals surface area contributed by atoms with Crippen LogP contribution in [0, 0.1) is 0 Å². The van der Waals surface area contributed by atoms with E-state index in [0.29, 0.717) is 5.37 Å². The highest BCUT2D eigenvalue weighted by Gasteiger charge is 2.25. The van der Waals surface area contributed by atoms with E-state index < -0.39 is 5.97 Å². The molecule has 0 aromatic rings. The van der Waals surface area contributed by atoms with Crippen molar-refractivity contribution in [2.45, 2.75) is 89.0 Å². The Morgan fingerprint density at radius 1 is 1.10 bits per heavy atom. The molecule has 2 atom stereocenters. The van der Waals surface area contributed by atoms with E-state index in [9.17, 15) is 4.79 Å². The van der Waals surface area contributed by atoms with Crippen LogP contribution in [0.5, 0.6) is 0 Å². The first-order valence-corrected chi connectivity index (χ1v) is 9.39. The van der Waals surface area contributed by atoms with Crippen molar-refractivity contribution in [3.63, 3.8) is 0 Å². The molecule has 2 unspecified atom stereocenters. The van der Waals surface area contributed by atoms with Gasteiger partial charge in [-0.25, -0.2) is 0 Å². The zero-order valence-electron chi connectivity index (χ0n) is 12.9. The van der Waals surface area contributed by atoms with E-state index in [4.69, 9.17) is 5.11 Å². The van der Waals surface area contributed by atoms with Crippen LogP contribution in [0.25, 0.3) is 0 Å². The quantitative estimate of drug-likeness (QED) is 0.555. The van der Waals surface area contributed by atoms with Crippen molar-refractivity contribution >= 4 is 17.7 Å². The molecule has 0 bridgehead atoms. The summed E-state index contributed by atoms with van der Waals surface area (Å²) in [5.74, 6) is 0.286. The zero-order chi connectivity index (χ0) is 14.6. The zero-order valence-corrected chi connectivity index (χ0v) is 13.7. The minimum absolute atomic E-state index is 0.320. The van der Waals surface area contributed by atoms with Gasteiger partial charge in [-0.2, -0.15) is 0 Å². The Bertz CT molecular complexity index is 261. The molecule has 20 heavy (non-hydrogen) atoms. The summed E-state index contributed by atoms with van der Waals surface area (Å²) in [6.07, 6.45) is 14.0. The molecule has 2 N–H and O–H groups in total. The third kappa shape index (κ3) is 8.15. The molecule has 1 saturated heterocycles. The van der Waals surface area contributed by atoms with E-state index in [2.05, 4.69) is 12.2 Å². The second-order valence-corrected chi connectivity index (χ2v) is 7.13. The van der Waals surface area contributed by atoms with E-state index >= 15 is 0 Å². The third-order valence-corrected chi connectivity index (χ3v) is 5.23. The average molecular weight is 301 g/mol. The minimum atomic E-state index is -0.692. The number of hydrogen-bond donors (Lipinski definition) is 2. The van der Waals surface area contributed by atoms with Crippen LogP contribution in [0.4, 0.5) is 0 Å². The lowest BCUT2D eigenvalue weighted by Crippen LogP contribution is -2.45. The molecule has 1 fully saturated rings. The normalized spacial score (nSPS) is 22.9. The van der Waals surface area contributed by atoms with Crippen LogP contribution in [0.1, 0.15) is 77.6 Å². The maximum Gasteiger partial charge on any atom is 0.320 e. The van der Waals surface area contributed by atoms with Crippen LogP contribution < -0.4 is 5.32 Å². The Morgan fingerprint density at radius 2 is 1.70 bits per heavy atom. The van der Waals surface area contributed by atoms with Crippen LogP contribution in [-0.4, -0.2) is 28.2 Å². The van der Waals surface area contributed by atoms with Gasteiger partial charge in [0.05, 0.1) is 5.37 Å². The number of hydrogen-bond acceptors (Lipinski definition) is 3. The lowest BCUT2D eigenvalue weighted by molar-refractivity contribution is -0.139. The first-order valence-electron chi connectivity index (χ1n) is 8.34. The smallest absolute Gasteiger partial charge is 0.320 e. The van der Waals surface area contributed by atoms with E-state index in [-0.39, 0.29) is 6.04 Å². The standard InChI is InChI=1S/C16H31NO2S/c1-2-3-4-5-6-7-8-9-10-11-15-17-14(16(18)19)12-13-20-15/h14-15,17H,2-13H2,1H3,(H,18,19). The average Bonchev–Trinajstić information content (AvgIpc) is 2.46. The summed E-state index contributed by atoms with van der Waals surface area (Å²) in [5, 5.41) is 12.6. The lowest BCUT2D eigenvalue weighted by Gasteiger charge is -2.28. The number of carbonyl (C=O) groups is 1.